The lowest BCUT2D eigenvalue weighted by atomic mass is 9.76. The molecule has 1 aliphatic carbocycles. The maximum absolute atomic E-state index is 11.9. The van der Waals surface area contributed by atoms with Crippen molar-refractivity contribution < 1.29 is 19.0 Å². The first-order valence-corrected chi connectivity index (χ1v) is 6.44. The molecule has 0 saturated carbocycles. The average Bonchev–Trinajstić information content (AvgIpc) is 2.95. The summed E-state index contributed by atoms with van der Waals surface area (Å²) >= 11 is 0. The average molecular weight is 264 g/mol. The number of allylic oxidation sites excluding steroid dienone is 3. The predicted octanol–water partition coefficient (Wildman–Crippen LogP) is 2.37. The Morgan fingerprint density at radius 1 is 1.58 bits per heavy atom. The van der Waals surface area contributed by atoms with Crippen LogP contribution < -0.4 is 0 Å². The third-order valence-electron chi connectivity index (χ3n) is 3.57. The van der Waals surface area contributed by atoms with Gasteiger partial charge in [0.25, 0.3) is 0 Å². The molecule has 0 amide bonds. The van der Waals surface area contributed by atoms with Gasteiger partial charge in [-0.15, -0.1) is 6.58 Å². The second-order valence-corrected chi connectivity index (χ2v) is 5.08. The quantitative estimate of drug-likeness (QED) is 0.577. The van der Waals surface area contributed by atoms with Crippen LogP contribution in [0.4, 0.5) is 0 Å². The van der Waals surface area contributed by atoms with E-state index in [1.807, 2.05) is 13.0 Å². The summed E-state index contributed by atoms with van der Waals surface area (Å²) < 4.78 is 16.0. The fraction of sp³-hybridized carbons (Fsp3) is 0.533. The van der Waals surface area contributed by atoms with Gasteiger partial charge in [0.2, 0.25) is 0 Å². The number of carbonyl (C=O) groups excluding carboxylic acids is 1. The van der Waals surface area contributed by atoms with Gasteiger partial charge in [0, 0.05) is 11.0 Å². The highest BCUT2D eigenvalue weighted by Crippen LogP contribution is 2.41. The fourth-order valence-electron chi connectivity index (χ4n) is 2.52. The van der Waals surface area contributed by atoms with Crippen molar-refractivity contribution in [3.05, 3.63) is 36.0 Å². The van der Waals surface area contributed by atoms with E-state index < -0.39 is 0 Å². The van der Waals surface area contributed by atoms with Crippen LogP contribution in [0.1, 0.15) is 19.8 Å². The van der Waals surface area contributed by atoms with E-state index in [4.69, 9.17) is 14.2 Å². The van der Waals surface area contributed by atoms with Crippen LogP contribution >= 0.6 is 0 Å². The zero-order chi connectivity index (χ0) is 13.9. The molecular weight excluding hydrogens is 244 g/mol. The van der Waals surface area contributed by atoms with Crippen molar-refractivity contribution in [3.8, 4) is 0 Å². The van der Waals surface area contributed by atoms with Crippen LogP contribution in [0.25, 0.3) is 0 Å². The third kappa shape index (κ3) is 2.80. The molecule has 2 rings (SSSR count). The fourth-order valence-corrected chi connectivity index (χ4v) is 2.52. The summed E-state index contributed by atoms with van der Waals surface area (Å²) in [5, 5.41) is 0. The molecule has 2 aliphatic rings. The van der Waals surface area contributed by atoms with Gasteiger partial charge >= 0.3 is 5.97 Å². The van der Waals surface area contributed by atoms with Gasteiger partial charge in [0.15, 0.2) is 6.29 Å². The molecule has 0 aromatic carbocycles. The third-order valence-corrected chi connectivity index (χ3v) is 3.57. The summed E-state index contributed by atoms with van der Waals surface area (Å²) in [4.78, 5) is 11.9. The van der Waals surface area contributed by atoms with Crippen molar-refractivity contribution in [2.24, 2.45) is 5.41 Å². The largest absolute Gasteiger partial charge is 0.466 e. The lowest BCUT2D eigenvalue weighted by Gasteiger charge is -2.34. The highest BCUT2D eigenvalue weighted by atomic mass is 16.7. The number of rotatable bonds is 4. The first-order valence-electron chi connectivity index (χ1n) is 6.44. The van der Waals surface area contributed by atoms with Crippen molar-refractivity contribution in [2.75, 3.05) is 20.3 Å². The SMILES string of the molecule is C=CCC1=C(C(=O)OC)CC(C)(C2OCCO2)C=C1. The molecular formula is C15H20O4. The second kappa shape index (κ2) is 5.72. The summed E-state index contributed by atoms with van der Waals surface area (Å²) in [6.07, 6.45) is 6.73. The summed E-state index contributed by atoms with van der Waals surface area (Å²) in [6, 6.07) is 0. The van der Waals surface area contributed by atoms with Crippen molar-refractivity contribution in [1.82, 2.24) is 0 Å². The number of hydrogen-bond acceptors (Lipinski definition) is 4. The molecule has 4 heteroatoms. The van der Waals surface area contributed by atoms with Gasteiger partial charge in [-0.2, -0.15) is 0 Å². The number of methoxy groups -OCH3 is 1. The highest BCUT2D eigenvalue weighted by molar-refractivity contribution is 5.90. The number of ether oxygens (including phenoxy) is 3. The van der Waals surface area contributed by atoms with E-state index in [1.165, 1.54) is 7.11 Å². The maximum Gasteiger partial charge on any atom is 0.334 e. The number of esters is 1. The monoisotopic (exact) mass is 264 g/mol. The summed E-state index contributed by atoms with van der Waals surface area (Å²) in [7, 11) is 1.40. The summed E-state index contributed by atoms with van der Waals surface area (Å²) in [5.74, 6) is -0.287. The van der Waals surface area contributed by atoms with Crippen LogP contribution in [0.3, 0.4) is 0 Å². The van der Waals surface area contributed by atoms with Crippen LogP contribution in [-0.2, 0) is 19.0 Å². The Hall–Kier alpha value is -1.39. The second-order valence-electron chi connectivity index (χ2n) is 5.08. The molecule has 1 fully saturated rings. The predicted molar refractivity (Wildman–Crippen MR) is 71.4 cm³/mol. The van der Waals surface area contributed by atoms with Crippen LogP contribution in [0.2, 0.25) is 0 Å². The zero-order valence-corrected chi connectivity index (χ0v) is 11.5. The smallest absolute Gasteiger partial charge is 0.334 e. The van der Waals surface area contributed by atoms with Crippen molar-refractivity contribution in [1.29, 1.82) is 0 Å². The minimum atomic E-state index is -0.329. The van der Waals surface area contributed by atoms with Gasteiger partial charge in [0.05, 0.1) is 20.3 Å². The van der Waals surface area contributed by atoms with Crippen molar-refractivity contribution in [3.63, 3.8) is 0 Å². The van der Waals surface area contributed by atoms with Crippen LogP contribution in [0.5, 0.6) is 0 Å². The Bertz CT molecular complexity index is 429. The molecule has 1 unspecified atom stereocenters. The van der Waals surface area contributed by atoms with E-state index in [1.54, 1.807) is 6.08 Å². The van der Waals surface area contributed by atoms with E-state index in [-0.39, 0.29) is 17.7 Å². The number of carbonyl (C=O) groups is 1. The normalized spacial score (nSPS) is 27.7. The molecule has 1 aliphatic heterocycles. The minimum Gasteiger partial charge on any atom is -0.466 e. The molecule has 1 atom stereocenters. The number of hydrogen-bond donors (Lipinski definition) is 0. The Morgan fingerprint density at radius 3 is 2.84 bits per heavy atom. The van der Waals surface area contributed by atoms with Gasteiger partial charge in [-0.1, -0.05) is 25.2 Å². The molecule has 1 saturated heterocycles. The molecule has 104 valence electrons. The lowest BCUT2D eigenvalue weighted by Crippen LogP contribution is -2.34. The first-order chi connectivity index (χ1) is 9.10. The highest BCUT2D eigenvalue weighted by Gasteiger charge is 2.40. The topological polar surface area (TPSA) is 44.8 Å². The van der Waals surface area contributed by atoms with Crippen molar-refractivity contribution in [2.45, 2.75) is 26.1 Å². The van der Waals surface area contributed by atoms with E-state index in [0.29, 0.717) is 31.6 Å². The summed E-state index contributed by atoms with van der Waals surface area (Å²) in [5.41, 5.74) is 1.31. The minimum absolute atomic E-state index is 0.287. The molecule has 0 spiro atoms. The van der Waals surface area contributed by atoms with Gasteiger partial charge in [-0.05, 0) is 18.4 Å². The van der Waals surface area contributed by atoms with Gasteiger partial charge < -0.3 is 14.2 Å². The Kier molecular flexibility index (Phi) is 4.22. The van der Waals surface area contributed by atoms with Crippen LogP contribution in [-0.4, -0.2) is 32.6 Å². The lowest BCUT2D eigenvalue weighted by molar-refractivity contribution is -0.138. The molecule has 0 radical (unpaired) electrons. The zero-order valence-electron chi connectivity index (χ0n) is 11.5. The standard InChI is InChI=1S/C15H20O4/c1-4-5-11-6-7-15(2,14-18-8-9-19-14)10-12(11)13(16)17-3/h4,6-7,14H,1,5,8-10H2,2-3H3. The van der Waals surface area contributed by atoms with Gasteiger partial charge in [-0.3, -0.25) is 0 Å². The Balaban J connectivity index is 2.26. The van der Waals surface area contributed by atoms with E-state index in [9.17, 15) is 4.79 Å². The van der Waals surface area contributed by atoms with Gasteiger partial charge in [0.1, 0.15) is 0 Å². The first kappa shape index (κ1) is 14.0. The molecule has 0 aromatic rings. The van der Waals surface area contributed by atoms with Crippen LogP contribution in [0, 0.1) is 5.41 Å². The Morgan fingerprint density at radius 2 is 2.26 bits per heavy atom. The molecule has 1 heterocycles. The molecule has 0 N–H and O–H groups in total. The maximum atomic E-state index is 11.9. The van der Waals surface area contributed by atoms with Crippen molar-refractivity contribution >= 4 is 5.97 Å². The van der Waals surface area contributed by atoms with Crippen LogP contribution in [0.15, 0.2) is 36.0 Å². The summed E-state index contributed by atoms with van der Waals surface area (Å²) in [6.45, 7) is 6.96. The molecule has 19 heavy (non-hydrogen) atoms. The Labute approximate surface area is 113 Å². The molecule has 0 bridgehead atoms. The molecule has 0 aromatic heterocycles. The van der Waals surface area contributed by atoms with E-state index >= 15 is 0 Å². The van der Waals surface area contributed by atoms with E-state index in [2.05, 4.69) is 12.7 Å². The molecule has 4 nitrogen and oxygen atoms in total. The van der Waals surface area contributed by atoms with E-state index in [0.717, 1.165) is 5.57 Å². The van der Waals surface area contributed by atoms with Gasteiger partial charge in [-0.25, -0.2) is 4.79 Å².